The fourth-order valence-electron chi connectivity index (χ4n) is 3.32. The normalized spacial score (nSPS) is 11.6. The standard InChI is InChI=1S/C20H12FN3O2S/c21-10-5-6-11-13(9-10)16-12(7-8-22-19(16)26)18-17(11)23-20(24-18)27-15-4-2-1-3-14(15)25/h1-9,25H,(H,22,26)(H,23,24). The van der Waals surface area contributed by atoms with Gasteiger partial charge in [-0.15, -0.1) is 0 Å². The number of imidazole rings is 1. The molecule has 5 nitrogen and oxygen atoms in total. The van der Waals surface area contributed by atoms with E-state index in [9.17, 15) is 14.3 Å². The Morgan fingerprint density at radius 3 is 2.74 bits per heavy atom. The molecule has 0 fully saturated rings. The van der Waals surface area contributed by atoms with Gasteiger partial charge in [0.2, 0.25) is 0 Å². The average Bonchev–Trinajstić information content (AvgIpc) is 3.07. The summed E-state index contributed by atoms with van der Waals surface area (Å²) >= 11 is 1.29. The van der Waals surface area contributed by atoms with Crippen LogP contribution < -0.4 is 5.56 Å². The number of aromatic nitrogens is 3. The second kappa shape index (κ2) is 5.85. The number of halogens is 1. The first kappa shape index (κ1) is 15.9. The Morgan fingerprint density at radius 1 is 1.04 bits per heavy atom. The molecule has 0 aliphatic heterocycles. The minimum atomic E-state index is -0.408. The minimum absolute atomic E-state index is 0.163. The summed E-state index contributed by atoms with van der Waals surface area (Å²) in [6.07, 6.45) is 1.56. The van der Waals surface area contributed by atoms with Crippen molar-refractivity contribution < 1.29 is 9.50 Å². The van der Waals surface area contributed by atoms with Crippen molar-refractivity contribution in [2.24, 2.45) is 0 Å². The maximum Gasteiger partial charge on any atom is 0.256 e. The smallest absolute Gasteiger partial charge is 0.256 e. The van der Waals surface area contributed by atoms with Crippen molar-refractivity contribution in [2.75, 3.05) is 0 Å². The van der Waals surface area contributed by atoms with Gasteiger partial charge >= 0.3 is 0 Å². The Morgan fingerprint density at radius 2 is 1.89 bits per heavy atom. The van der Waals surface area contributed by atoms with E-state index >= 15 is 0 Å². The maximum absolute atomic E-state index is 13.9. The lowest BCUT2D eigenvalue weighted by Crippen LogP contribution is -2.05. The molecule has 0 unspecified atom stereocenters. The highest BCUT2D eigenvalue weighted by atomic mass is 32.2. The molecule has 0 aliphatic rings. The summed E-state index contributed by atoms with van der Waals surface area (Å²) in [7, 11) is 0. The topological polar surface area (TPSA) is 81.8 Å². The number of benzene rings is 3. The van der Waals surface area contributed by atoms with Gasteiger partial charge in [0.1, 0.15) is 11.6 Å². The molecular weight excluding hydrogens is 365 g/mol. The fourth-order valence-corrected chi connectivity index (χ4v) is 4.14. The quantitative estimate of drug-likeness (QED) is 0.394. The molecule has 0 radical (unpaired) electrons. The number of nitrogens with zero attached hydrogens (tertiary/aromatic N) is 1. The Hall–Kier alpha value is -3.32. The molecular formula is C20H12FN3O2S. The number of aromatic hydroxyl groups is 1. The molecule has 27 heavy (non-hydrogen) atoms. The van der Waals surface area contributed by atoms with Crippen LogP contribution in [0.1, 0.15) is 0 Å². The van der Waals surface area contributed by atoms with Gasteiger partial charge in [-0.25, -0.2) is 9.37 Å². The van der Waals surface area contributed by atoms with Crippen molar-refractivity contribution in [1.82, 2.24) is 15.0 Å². The van der Waals surface area contributed by atoms with Gasteiger partial charge in [-0.2, -0.15) is 0 Å². The first-order valence-electron chi connectivity index (χ1n) is 8.20. The number of rotatable bonds is 2. The predicted octanol–water partition coefficient (Wildman–Crippen LogP) is 4.55. The predicted molar refractivity (Wildman–Crippen MR) is 104 cm³/mol. The largest absolute Gasteiger partial charge is 0.507 e. The van der Waals surface area contributed by atoms with Crippen LogP contribution in [-0.2, 0) is 0 Å². The van der Waals surface area contributed by atoms with E-state index in [1.54, 1.807) is 36.5 Å². The molecule has 2 aromatic heterocycles. The number of hydrogen-bond donors (Lipinski definition) is 3. The summed E-state index contributed by atoms with van der Waals surface area (Å²) in [6, 6.07) is 13.1. The minimum Gasteiger partial charge on any atom is -0.507 e. The van der Waals surface area contributed by atoms with Crippen molar-refractivity contribution in [3.05, 3.63) is 70.9 Å². The van der Waals surface area contributed by atoms with E-state index in [1.807, 2.05) is 6.07 Å². The number of aromatic amines is 2. The van der Waals surface area contributed by atoms with E-state index in [1.165, 1.54) is 23.9 Å². The van der Waals surface area contributed by atoms with E-state index in [0.29, 0.717) is 37.1 Å². The molecule has 5 rings (SSSR count). The summed E-state index contributed by atoms with van der Waals surface area (Å²) in [4.78, 5) is 23.6. The third-order valence-corrected chi connectivity index (χ3v) is 5.44. The average molecular weight is 377 g/mol. The Labute approximate surface area is 155 Å². The van der Waals surface area contributed by atoms with E-state index in [0.717, 1.165) is 5.52 Å². The van der Waals surface area contributed by atoms with Gasteiger partial charge in [0.05, 0.1) is 21.3 Å². The van der Waals surface area contributed by atoms with Gasteiger partial charge in [0.15, 0.2) is 5.16 Å². The SMILES string of the molecule is O=c1[nH]ccc2c3nc(Sc4ccccc4O)[nH]c3c3ccc(F)cc3c12. The molecule has 3 N–H and O–H groups in total. The molecule has 0 aliphatic carbocycles. The summed E-state index contributed by atoms with van der Waals surface area (Å²) in [5, 5.41) is 12.9. The van der Waals surface area contributed by atoms with Gasteiger partial charge in [-0.3, -0.25) is 4.79 Å². The van der Waals surface area contributed by atoms with Crippen LogP contribution in [0.4, 0.5) is 4.39 Å². The van der Waals surface area contributed by atoms with Crippen molar-refractivity contribution in [3.63, 3.8) is 0 Å². The Kier molecular flexibility index (Phi) is 3.45. The number of para-hydroxylation sites is 1. The molecule has 7 heteroatoms. The number of phenolic OH excluding ortho intramolecular Hbond substituents is 1. The van der Waals surface area contributed by atoms with E-state index < -0.39 is 5.82 Å². The molecule has 0 spiro atoms. The third-order valence-electron chi connectivity index (χ3n) is 4.49. The van der Waals surface area contributed by atoms with Gasteiger partial charge in [0, 0.05) is 22.4 Å². The molecule has 0 bridgehead atoms. The van der Waals surface area contributed by atoms with Crippen molar-refractivity contribution in [3.8, 4) is 5.75 Å². The molecule has 2 heterocycles. The van der Waals surface area contributed by atoms with E-state index in [4.69, 9.17) is 0 Å². The van der Waals surface area contributed by atoms with Crippen LogP contribution in [0.3, 0.4) is 0 Å². The van der Waals surface area contributed by atoms with E-state index in [2.05, 4.69) is 15.0 Å². The fraction of sp³-hybridized carbons (Fsp3) is 0. The highest BCUT2D eigenvalue weighted by Gasteiger charge is 2.16. The zero-order chi connectivity index (χ0) is 18.5. The van der Waals surface area contributed by atoms with Gasteiger partial charge in [0.25, 0.3) is 5.56 Å². The molecule has 0 amide bonds. The third kappa shape index (κ3) is 2.47. The number of hydrogen-bond acceptors (Lipinski definition) is 4. The Bertz CT molecular complexity index is 1410. The first-order chi connectivity index (χ1) is 13.1. The lowest BCUT2D eigenvalue weighted by molar-refractivity contribution is 0.462. The van der Waals surface area contributed by atoms with Crippen LogP contribution >= 0.6 is 11.8 Å². The van der Waals surface area contributed by atoms with Crippen molar-refractivity contribution in [2.45, 2.75) is 10.1 Å². The summed E-state index contributed by atoms with van der Waals surface area (Å²) < 4.78 is 13.9. The summed E-state index contributed by atoms with van der Waals surface area (Å²) in [5.74, 6) is -0.245. The second-order valence-corrected chi connectivity index (χ2v) is 7.15. The monoisotopic (exact) mass is 377 g/mol. The maximum atomic E-state index is 13.9. The molecule has 3 aromatic carbocycles. The van der Waals surface area contributed by atoms with Gasteiger partial charge in [-0.05, 0) is 48.2 Å². The first-order valence-corrected chi connectivity index (χ1v) is 9.01. The second-order valence-electron chi connectivity index (χ2n) is 6.12. The lowest BCUT2D eigenvalue weighted by Gasteiger charge is -2.05. The number of phenols is 1. The molecule has 132 valence electrons. The highest BCUT2D eigenvalue weighted by molar-refractivity contribution is 7.99. The van der Waals surface area contributed by atoms with Crippen LogP contribution in [0.5, 0.6) is 5.75 Å². The van der Waals surface area contributed by atoms with Gasteiger partial charge < -0.3 is 15.1 Å². The number of pyridine rings is 1. The number of H-pyrrole nitrogens is 2. The zero-order valence-corrected chi connectivity index (χ0v) is 14.6. The lowest BCUT2D eigenvalue weighted by atomic mass is 10.0. The van der Waals surface area contributed by atoms with Crippen LogP contribution in [0, 0.1) is 5.82 Å². The summed E-state index contributed by atoms with van der Waals surface area (Å²) in [6.45, 7) is 0. The van der Waals surface area contributed by atoms with Crippen LogP contribution in [0.2, 0.25) is 0 Å². The van der Waals surface area contributed by atoms with Gasteiger partial charge in [-0.1, -0.05) is 12.1 Å². The highest BCUT2D eigenvalue weighted by Crippen LogP contribution is 2.37. The summed E-state index contributed by atoms with van der Waals surface area (Å²) in [5.41, 5.74) is 1.07. The van der Waals surface area contributed by atoms with E-state index in [-0.39, 0.29) is 11.3 Å². The van der Waals surface area contributed by atoms with Crippen LogP contribution in [0.15, 0.2) is 69.6 Å². The molecule has 0 atom stereocenters. The van der Waals surface area contributed by atoms with Crippen LogP contribution in [0.25, 0.3) is 32.6 Å². The number of nitrogens with one attached hydrogen (secondary N) is 2. The molecule has 0 saturated carbocycles. The Balaban J connectivity index is 1.85. The van der Waals surface area contributed by atoms with Crippen LogP contribution in [-0.4, -0.2) is 20.1 Å². The van der Waals surface area contributed by atoms with Crippen molar-refractivity contribution >= 4 is 44.3 Å². The number of fused-ring (bicyclic) bond motifs is 6. The van der Waals surface area contributed by atoms with Crippen molar-refractivity contribution in [1.29, 1.82) is 0 Å². The molecule has 0 saturated heterocycles. The zero-order valence-electron chi connectivity index (χ0n) is 13.8. The molecule has 5 aromatic rings.